The lowest BCUT2D eigenvalue weighted by Gasteiger charge is -2.30. The molecule has 110 valence electrons. The smallest absolute Gasteiger partial charge is 0.317 e. The second-order valence-electron chi connectivity index (χ2n) is 4.78. The van der Waals surface area contributed by atoms with Gasteiger partial charge in [-0.3, -0.25) is 0 Å². The zero-order valence-electron chi connectivity index (χ0n) is 11.2. The molecule has 5 nitrogen and oxygen atoms in total. The van der Waals surface area contributed by atoms with Crippen LogP contribution in [-0.4, -0.2) is 48.4 Å². The van der Waals surface area contributed by atoms with Gasteiger partial charge in [0.25, 0.3) is 0 Å². The van der Waals surface area contributed by atoms with E-state index >= 15 is 0 Å². The summed E-state index contributed by atoms with van der Waals surface area (Å²) in [5.74, 6) is 0.681. The first-order valence-corrected chi connectivity index (χ1v) is 7.12. The Bertz CT molecular complexity index is 456. The van der Waals surface area contributed by atoms with Gasteiger partial charge in [-0.1, -0.05) is 17.7 Å². The first-order chi connectivity index (χ1) is 9.65. The molecule has 20 heavy (non-hydrogen) atoms. The number of hydrogen-bond acceptors (Lipinski definition) is 3. The fourth-order valence-electron chi connectivity index (χ4n) is 2.13. The van der Waals surface area contributed by atoms with Crippen LogP contribution in [0.3, 0.4) is 0 Å². The van der Waals surface area contributed by atoms with Crippen LogP contribution in [0.15, 0.2) is 24.3 Å². The molecule has 2 N–H and O–H groups in total. The zero-order chi connectivity index (χ0) is 14.4. The summed E-state index contributed by atoms with van der Waals surface area (Å²) in [5, 5.41) is 12.9. The van der Waals surface area contributed by atoms with E-state index < -0.39 is 6.10 Å². The van der Waals surface area contributed by atoms with Crippen LogP contribution in [0.4, 0.5) is 4.79 Å². The lowest BCUT2D eigenvalue weighted by molar-refractivity contribution is 0.0840. The SMILES string of the molecule is O=C(NCCOc1cccc(Cl)c1)N1CCCC(O)C1. The standard InChI is InChI=1S/C14H19ClN2O3/c15-11-3-1-5-13(9-11)20-8-6-16-14(19)17-7-2-4-12(18)10-17/h1,3,5,9,12,18H,2,4,6-8,10H2,(H,16,19). The molecule has 1 aliphatic heterocycles. The number of β-amino-alcohol motifs (C(OH)–C–C–N with tert-alkyl or cyclic N) is 1. The highest BCUT2D eigenvalue weighted by Crippen LogP contribution is 2.16. The Morgan fingerprint density at radius 3 is 3.15 bits per heavy atom. The van der Waals surface area contributed by atoms with Crippen molar-refractivity contribution in [3.63, 3.8) is 0 Å². The van der Waals surface area contributed by atoms with Crippen LogP contribution < -0.4 is 10.1 Å². The van der Waals surface area contributed by atoms with Crippen LogP contribution in [-0.2, 0) is 0 Å². The maximum atomic E-state index is 11.8. The summed E-state index contributed by atoms with van der Waals surface area (Å²) in [6.45, 7) is 1.89. The summed E-state index contributed by atoms with van der Waals surface area (Å²) in [7, 11) is 0. The number of nitrogens with one attached hydrogen (secondary N) is 1. The van der Waals surface area contributed by atoms with Crippen molar-refractivity contribution in [1.82, 2.24) is 10.2 Å². The first kappa shape index (κ1) is 14.9. The molecule has 0 aliphatic carbocycles. The zero-order valence-corrected chi connectivity index (χ0v) is 12.0. The van der Waals surface area contributed by atoms with E-state index in [0.29, 0.717) is 37.0 Å². The molecule has 0 bridgehead atoms. The summed E-state index contributed by atoms with van der Waals surface area (Å²) in [5.41, 5.74) is 0. The van der Waals surface area contributed by atoms with E-state index in [-0.39, 0.29) is 6.03 Å². The Hall–Kier alpha value is -1.46. The number of piperidine rings is 1. The number of halogens is 1. The normalized spacial score (nSPS) is 18.7. The Morgan fingerprint density at radius 2 is 2.40 bits per heavy atom. The molecule has 1 aromatic carbocycles. The number of ether oxygens (including phenoxy) is 1. The van der Waals surface area contributed by atoms with Crippen LogP contribution in [0, 0.1) is 0 Å². The molecule has 1 aromatic rings. The lowest BCUT2D eigenvalue weighted by Crippen LogP contribution is -2.47. The molecule has 1 heterocycles. The van der Waals surface area contributed by atoms with E-state index in [1.54, 1.807) is 17.0 Å². The molecule has 2 rings (SSSR count). The van der Waals surface area contributed by atoms with Crippen molar-refractivity contribution in [3.8, 4) is 5.75 Å². The van der Waals surface area contributed by atoms with Gasteiger partial charge in [0.1, 0.15) is 12.4 Å². The largest absolute Gasteiger partial charge is 0.492 e. The molecule has 1 atom stereocenters. The van der Waals surface area contributed by atoms with Crippen LogP contribution in [0.1, 0.15) is 12.8 Å². The van der Waals surface area contributed by atoms with Gasteiger partial charge >= 0.3 is 6.03 Å². The first-order valence-electron chi connectivity index (χ1n) is 6.74. The molecule has 2 amide bonds. The third-order valence-electron chi connectivity index (χ3n) is 3.13. The van der Waals surface area contributed by atoms with Crippen LogP contribution in [0.25, 0.3) is 0 Å². The molecule has 0 radical (unpaired) electrons. The summed E-state index contributed by atoms with van der Waals surface area (Å²) in [6, 6.07) is 6.97. The second kappa shape index (κ2) is 7.36. The summed E-state index contributed by atoms with van der Waals surface area (Å²) >= 11 is 5.84. The van der Waals surface area contributed by atoms with Crippen molar-refractivity contribution < 1.29 is 14.6 Å². The number of nitrogens with zero attached hydrogens (tertiary/aromatic N) is 1. The average Bonchev–Trinajstić information content (AvgIpc) is 2.43. The van der Waals surface area contributed by atoms with Gasteiger partial charge in [-0.15, -0.1) is 0 Å². The van der Waals surface area contributed by atoms with E-state index in [4.69, 9.17) is 16.3 Å². The number of aliphatic hydroxyl groups excluding tert-OH is 1. The van der Waals surface area contributed by atoms with Crippen molar-refractivity contribution in [2.45, 2.75) is 18.9 Å². The highest BCUT2D eigenvalue weighted by atomic mass is 35.5. The van der Waals surface area contributed by atoms with Crippen LogP contribution in [0.5, 0.6) is 5.75 Å². The van der Waals surface area contributed by atoms with Gasteiger partial charge in [0.05, 0.1) is 12.6 Å². The Morgan fingerprint density at radius 1 is 1.55 bits per heavy atom. The molecule has 0 aromatic heterocycles. The number of carbonyl (C=O) groups excluding carboxylic acids is 1. The number of rotatable bonds is 4. The minimum absolute atomic E-state index is 0.154. The summed E-state index contributed by atoms with van der Waals surface area (Å²) in [4.78, 5) is 13.5. The molecule has 6 heteroatoms. The summed E-state index contributed by atoms with van der Waals surface area (Å²) in [6.07, 6.45) is 1.20. The highest BCUT2D eigenvalue weighted by Gasteiger charge is 2.21. The Balaban J connectivity index is 1.66. The summed E-state index contributed by atoms with van der Waals surface area (Å²) < 4.78 is 5.48. The van der Waals surface area contributed by atoms with Crippen molar-refractivity contribution in [2.75, 3.05) is 26.2 Å². The number of amides is 2. The van der Waals surface area contributed by atoms with Crippen molar-refractivity contribution in [2.24, 2.45) is 0 Å². The predicted molar refractivity (Wildman–Crippen MR) is 77.2 cm³/mol. The molecule has 1 fully saturated rings. The molecule has 1 aliphatic rings. The fraction of sp³-hybridized carbons (Fsp3) is 0.500. The molecular formula is C14H19ClN2O3. The van der Waals surface area contributed by atoms with Gasteiger partial charge in [0, 0.05) is 18.1 Å². The van der Waals surface area contributed by atoms with Crippen molar-refractivity contribution in [3.05, 3.63) is 29.3 Å². The monoisotopic (exact) mass is 298 g/mol. The van der Waals surface area contributed by atoms with Gasteiger partial charge in [-0.25, -0.2) is 4.79 Å². The van der Waals surface area contributed by atoms with Gasteiger partial charge in [0.2, 0.25) is 0 Å². The fourth-order valence-corrected chi connectivity index (χ4v) is 2.31. The van der Waals surface area contributed by atoms with E-state index in [0.717, 1.165) is 12.8 Å². The van der Waals surface area contributed by atoms with Crippen molar-refractivity contribution >= 4 is 17.6 Å². The van der Waals surface area contributed by atoms with Crippen LogP contribution in [0.2, 0.25) is 5.02 Å². The lowest BCUT2D eigenvalue weighted by atomic mass is 10.1. The average molecular weight is 299 g/mol. The molecular weight excluding hydrogens is 280 g/mol. The third-order valence-corrected chi connectivity index (χ3v) is 3.36. The number of carbonyl (C=O) groups is 1. The third kappa shape index (κ3) is 4.58. The molecule has 0 spiro atoms. The minimum atomic E-state index is -0.405. The Labute approximate surface area is 123 Å². The van der Waals surface area contributed by atoms with E-state index in [1.165, 1.54) is 0 Å². The molecule has 1 unspecified atom stereocenters. The van der Waals surface area contributed by atoms with E-state index in [2.05, 4.69) is 5.32 Å². The van der Waals surface area contributed by atoms with Gasteiger partial charge in [-0.05, 0) is 31.0 Å². The number of hydrogen-bond donors (Lipinski definition) is 2. The number of benzene rings is 1. The number of aliphatic hydroxyl groups is 1. The van der Waals surface area contributed by atoms with Gasteiger partial charge in [0.15, 0.2) is 0 Å². The Kier molecular flexibility index (Phi) is 5.49. The maximum Gasteiger partial charge on any atom is 0.317 e. The van der Waals surface area contributed by atoms with E-state index in [1.807, 2.05) is 12.1 Å². The minimum Gasteiger partial charge on any atom is -0.492 e. The van der Waals surface area contributed by atoms with Gasteiger partial charge < -0.3 is 20.1 Å². The van der Waals surface area contributed by atoms with Crippen molar-refractivity contribution in [1.29, 1.82) is 0 Å². The quantitative estimate of drug-likeness (QED) is 0.835. The highest BCUT2D eigenvalue weighted by molar-refractivity contribution is 6.30. The molecule has 0 saturated carbocycles. The van der Waals surface area contributed by atoms with Crippen LogP contribution >= 0.6 is 11.6 Å². The molecule has 1 saturated heterocycles. The second-order valence-corrected chi connectivity index (χ2v) is 5.22. The van der Waals surface area contributed by atoms with Gasteiger partial charge in [-0.2, -0.15) is 0 Å². The predicted octanol–water partition coefficient (Wildman–Crippen LogP) is 1.89. The number of urea groups is 1. The number of likely N-dealkylation sites (tertiary alicyclic amines) is 1. The maximum absolute atomic E-state index is 11.8. The van der Waals surface area contributed by atoms with E-state index in [9.17, 15) is 9.90 Å². The topological polar surface area (TPSA) is 61.8 Å².